The predicted octanol–water partition coefficient (Wildman–Crippen LogP) is 2.52. The largest absolute Gasteiger partial charge is 0.294 e. The molecule has 0 spiro atoms. The van der Waals surface area contributed by atoms with Crippen molar-refractivity contribution in [2.24, 2.45) is 0 Å². The van der Waals surface area contributed by atoms with Crippen molar-refractivity contribution in [3.05, 3.63) is 9.39 Å². The fourth-order valence-corrected chi connectivity index (χ4v) is 2.01. The van der Waals surface area contributed by atoms with Crippen LogP contribution in [0.1, 0.15) is 20.8 Å². The molecule has 0 fully saturated rings. The highest BCUT2D eigenvalue weighted by molar-refractivity contribution is 9.12. The molecule has 0 saturated carbocycles. The molecule has 0 bridgehead atoms. The molecule has 0 atom stereocenters. The van der Waals surface area contributed by atoms with Gasteiger partial charge in [-0.05, 0) is 35.5 Å². The number of thioether (sulfide) groups is 1. The molecule has 0 amide bonds. The first-order valence-electron chi connectivity index (χ1n) is 3.55. The number of carbonyl (C=O) groups excluding carboxylic acids is 2. The number of ketones is 2. The SMILES string of the molecule is CCSC(C(C)=O)=C(Br)C(C)=O. The van der Waals surface area contributed by atoms with Crippen LogP contribution in [-0.2, 0) is 9.59 Å². The summed E-state index contributed by atoms with van der Waals surface area (Å²) >= 11 is 4.48. The average molecular weight is 251 g/mol. The zero-order valence-corrected chi connectivity index (χ0v) is 9.71. The Bertz CT molecular complexity index is 233. The molecule has 0 aliphatic carbocycles. The van der Waals surface area contributed by atoms with Crippen LogP contribution in [0.5, 0.6) is 0 Å². The number of Topliss-reactive ketones (excluding diaryl/α,β-unsaturated/α-hetero) is 2. The van der Waals surface area contributed by atoms with Crippen molar-refractivity contribution < 1.29 is 9.59 Å². The Kier molecular flexibility index (Phi) is 5.50. The summed E-state index contributed by atoms with van der Waals surface area (Å²) in [7, 11) is 0. The lowest BCUT2D eigenvalue weighted by Gasteiger charge is -2.02. The molecule has 12 heavy (non-hydrogen) atoms. The average Bonchev–Trinajstić information content (AvgIpc) is 1.98. The van der Waals surface area contributed by atoms with E-state index < -0.39 is 0 Å². The predicted molar refractivity (Wildman–Crippen MR) is 55.4 cm³/mol. The zero-order valence-electron chi connectivity index (χ0n) is 7.31. The zero-order chi connectivity index (χ0) is 9.72. The summed E-state index contributed by atoms with van der Waals surface area (Å²) in [4.78, 5) is 22.4. The Hall–Kier alpha value is -0.0900. The van der Waals surface area contributed by atoms with Crippen molar-refractivity contribution in [2.45, 2.75) is 20.8 Å². The Morgan fingerprint density at radius 1 is 1.25 bits per heavy atom. The van der Waals surface area contributed by atoms with E-state index in [4.69, 9.17) is 0 Å². The minimum absolute atomic E-state index is 0.0658. The molecular weight excluding hydrogens is 240 g/mol. The van der Waals surface area contributed by atoms with Gasteiger partial charge in [-0.3, -0.25) is 9.59 Å². The second-order valence-electron chi connectivity index (χ2n) is 2.19. The van der Waals surface area contributed by atoms with E-state index in [2.05, 4.69) is 15.9 Å². The summed E-state index contributed by atoms with van der Waals surface area (Å²) in [5.41, 5.74) is 0. The van der Waals surface area contributed by atoms with Crippen molar-refractivity contribution in [3.63, 3.8) is 0 Å². The lowest BCUT2D eigenvalue weighted by Crippen LogP contribution is -2.00. The summed E-state index contributed by atoms with van der Waals surface area (Å²) in [6.45, 7) is 4.83. The molecule has 0 heterocycles. The van der Waals surface area contributed by atoms with E-state index in [0.717, 1.165) is 5.75 Å². The van der Waals surface area contributed by atoms with Gasteiger partial charge in [0.2, 0.25) is 0 Å². The van der Waals surface area contributed by atoms with Gasteiger partial charge < -0.3 is 0 Å². The van der Waals surface area contributed by atoms with Gasteiger partial charge in [-0.1, -0.05) is 6.92 Å². The van der Waals surface area contributed by atoms with E-state index in [1.54, 1.807) is 0 Å². The van der Waals surface area contributed by atoms with Gasteiger partial charge in [0.05, 0.1) is 9.39 Å². The molecule has 2 nitrogen and oxygen atoms in total. The molecular formula is C8H11BrO2S. The fourth-order valence-electron chi connectivity index (χ4n) is 0.624. The standard InChI is InChI=1S/C8H11BrO2S/c1-4-12-8(6(3)11)7(9)5(2)10/h4H2,1-3H3. The van der Waals surface area contributed by atoms with E-state index in [1.807, 2.05) is 6.92 Å². The van der Waals surface area contributed by atoms with Crippen LogP contribution in [0.2, 0.25) is 0 Å². The number of halogens is 1. The van der Waals surface area contributed by atoms with Gasteiger partial charge in [-0.25, -0.2) is 0 Å². The molecule has 0 rings (SSSR count). The van der Waals surface area contributed by atoms with Crippen LogP contribution < -0.4 is 0 Å². The Morgan fingerprint density at radius 2 is 1.75 bits per heavy atom. The molecule has 0 aromatic carbocycles. The topological polar surface area (TPSA) is 34.1 Å². The molecule has 0 aliphatic heterocycles. The molecule has 0 aromatic heterocycles. The first-order valence-corrected chi connectivity index (χ1v) is 5.33. The van der Waals surface area contributed by atoms with Crippen molar-refractivity contribution in [1.29, 1.82) is 0 Å². The highest BCUT2D eigenvalue weighted by Gasteiger charge is 2.12. The molecule has 0 aromatic rings. The normalized spacial score (nSPS) is 12.3. The Morgan fingerprint density at radius 3 is 2.00 bits per heavy atom. The van der Waals surface area contributed by atoms with E-state index in [-0.39, 0.29) is 11.6 Å². The summed E-state index contributed by atoms with van der Waals surface area (Å²) in [5.74, 6) is 0.613. The maximum Gasteiger partial charge on any atom is 0.168 e. The van der Waals surface area contributed by atoms with Gasteiger partial charge in [-0.15, -0.1) is 11.8 Å². The Labute approximate surface area is 84.9 Å². The third kappa shape index (κ3) is 3.54. The van der Waals surface area contributed by atoms with Crippen LogP contribution in [0.3, 0.4) is 0 Å². The first-order chi connectivity index (χ1) is 5.50. The number of rotatable bonds is 4. The van der Waals surface area contributed by atoms with Crippen LogP contribution in [-0.4, -0.2) is 17.3 Å². The monoisotopic (exact) mass is 250 g/mol. The van der Waals surface area contributed by atoms with Gasteiger partial charge in [0.25, 0.3) is 0 Å². The summed E-state index contributed by atoms with van der Waals surface area (Å²) < 4.78 is 0.391. The van der Waals surface area contributed by atoms with Crippen molar-refractivity contribution in [3.8, 4) is 0 Å². The maximum absolute atomic E-state index is 11.0. The summed E-state index contributed by atoms with van der Waals surface area (Å²) in [5, 5.41) is 0. The van der Waals surface area contributed by atoms with Crippen LogP contribution in [0.25, 0.3) is 0 Å². The van der Waals surface area contributed by atoms with Crippen molar-refractivity contribution >= 4 is 39.3 Å². The minimum atomic E-state index is -0.110. The van der Waals surface area contributed by atoms with E-state index in [1.165, 1.54) is 25.6 Å². The van der Waals surface area contributed by atoms with E-state index in [9.17, 15) is 9.59 Å². The Balaban J connectivity index is 4.80. The quantitative estimate of drug-likeness (QED) is 0.720. The lowest BCUT2D eigenvalue weighted by atomic mass is 10.3. The molecule has 0 unspecified atom stereocenters. The van der Waals surface area contributed by atoms with E-state index in [0.29, 0.717) is 9.39 Å². The second-order valence-corrected chi connectivity index (χ2v) is 4.26. The van der Waals surface area contributed by atoms with Crippen molar-refractivity contribution in [1.82, 2.24) is 0 Å². The third-order valence-corrected chi connectivity index (χ3v) is 3.40. The lowest BCUT2D eigenvalue weighted by molar-refractivity contribution is -0.115. The molecule has 68 valence electrons. The van der Waals surface area contributed by atoms with Gasteiger partial charge in [0.1, 0.15) is 0 Å². The number of carbonyl (C=O) groups is 2. The smallest absolute Gasteiger partial charge is 0.168 e. The van der Waals surface area contributed by atoms with Gasteiger partial charge in [0, 0.05) is 0 Å². The number of hydrogen-bond donors (Lipinski definition) is 0. The minimum Gasteiger partial charge on any atom is -0.294 e. The fraction of sp³-hybridized carbons (Fsp3) is 0.500. The maximum atomic E-state index is 11.0. The summed E-state index contributed by atoms with van der Waals surface area (Å²) in [6, 6.07) is 0. The van der Waals surface area contributed by atoms with Crippen molar-refractivity contribution in [2.75, 3.05) is 5.75 Å². The van der Waals surface area contributed by atoms with Gasteiger partial charge in [-0.2, -0.15) is 0 Å². The summed E-state index contributed by atoms with van der Waals surface area (Å²) in [6.07, 6.45) is 0. The number of hydrogen-bond acceptors (Lipinski definition) is 3. The molecule has 0 radical (unpaired) electrons. The van der Waals surface area contributed by atoms with E-state index >= 15 is 0 Å². The number of allylic oxidation sites excluding steroid dienone is 2. The van der Waals surface area contributed by atoms with Gasteiger partial charge >= 0.3 is 0 Å². The van der Waals surface area contributed by atoms with Crippen LogP contribution in [0, 0.1) is 0 Å². The van der Waals surface area contributed by atoms with Crippen LogP contribution in [0.4, 0.5) is 0 Å². The first kappa shape index (κ1) is 11.9. The molecule has 0 saturated heterocycles. The van der Waals surface area contributed by atoms with Crippen LogP contribution in [0.15, 0.2) is 9.39 Å². The molecule has 4 heteroatoms. The highest BCUT2D eigenvalue weighted by Crippen LogP contribution is 2.24. The second kappa shape index (κ2) is 5.54. The third-order valence-electron chi connectivity index (χ3n) is 1.12. The highest BCUT2D eigenvalue weighted by atomic mass is 79.9. The molecule has 0 aliphatic rings. The van der Waals surface area contributed by atoms with Crippen LogP contribution >= 0.6 is 27.7 Å². The molecule has 0 N–H and O–H groups in total. The van der Waals surface area contributed by atoms with Gasteiger partial charge in [0.15, 0.2) is 11.6 Å².